The number of thioether (sulfide) groups is 1. The van der Waals surface area contributed by atoms with E-state index in [4.69, 9.17) is 11.6 Å². The molecule has 0 fully saturated rings. The van der Waals surface area contributed by atoms with Crippen LogP contribution in [0.4, 0.5) is 0 Å². The molecule has 0 saturated heterocycles. The van der Waals surface area contributed by atoms with Crippen molar-refractivity contribution < 1.29 is 4.79 Å². The highest BCUT2D eigenvalue weighted by molar-refractivity contribution is 7.99. The third-order valence-electron chi connectivity index (χ3n) is 3.72. The number of carbonyl (C=O) groups is 1. The zero-order valence-electron chi connectivity index (χ0n) is 14.7. The summed E-state index contributed by atoms with van der Waals surface area (Å²) in [6.45, 7) is 6.74. The molecule has 3 rings (SSSR count). The number of aromatic nitrogens is 4. The van der Waals surface area contributed by atoms with Crippen LogP contribution in [0, 0.1) is 6.92 Å². The Hall–Kier alpha value is -2.16. The van der Waals surface area contributed by atoms with E-state index < -0.39 is 0 Å². The number of hydrogen-bond acceptors (Lipinski definition) is 6. The Labute approximate surface area is 170 Å². The summed E-state index contributed by atoms with van der Waals surface area (Å²) in [4.78, 5) is 15.5. The van der Waals surface area contributed by atoms with Crippen LogP contribution in [-0.2, 0) is 11.3 Å². The van der Waals surface area contributed by atoms with Gasteiger partial charge < -0.3 is 4.90 Å². The number of aryl methyl sites for hydroxylation is 1. The van der Waals surface area contributed by atoms with Crippen LogP contribution in [0.2, 0.25) is 4.34 Å². The first-order valence-electron chi connectivity index (χ1n) is 8.18. The molecule has 1 aromatic carbocycles. The second-order valence-electron chi connectivity index (χ2n) is 5.77. The molecule has 3 aromatic rings. The molecule has 0 bridgehead atoms. The minimum Gasteiger partial charge on any atom is -0.333 e. The zero-order chi connectivity index (χ0) is 19.2. The third-order valence-corrected chi connectivity index (χ3v) is 5.84. The first kappa shape index (κ1) is 19.6. The van der Waals surface area contributed by atoms with Crippen LogP contribution in [-0.4, -0.2) is 43.3 Å². The third kappa shape index (κ3) is 5.18. The van der Waals surface area contributed by atoms with Gasteiger partial charge in [0.15, 0.2) is 0 Å². The van der Waals surface area contributed by atoms with Crippen molar-refractivity contribution in [3.05, 3.63) is 63.8 Å². The first-order valence-corrected chi connectivity index (χ1v) is 10.4. The Morgan fingerprint density at radius 3 is 2.78 bits per heavy atom. The molecule has 0 unspecified atom stereocenters. The molecule has 1 amide bonds. The second-order valence-corrected chi connectivity index (χ2v) is 8.51. The first-order chi connectivity index (χ1) is 13.1. The van der Waals surface area contributed by atoms with Crippen LogP contribution in [0.3, 0.4) is 0 Å². The molecular weight excluding hydrogens is 402 g/mol. The Bertz CT molecular complexity index is 922. The molecule has 0 saturated carbocycles. The molecule has 27 heavy (non-hydrogen) atoms. The minimum atomic E-state index is -0.0112. The molecule has 2 heterocycles. The van der Waals surface area contributed by atoms with E-state index in [0.29, 0.717) is 22.6 Å². The Morgan fingerprint density at radius 2 is 2.11 bits per heavy atom. The van der Waals surface area contributed by atoms with Gasteiger partial charge in [-0.1, -0.05) is 47.1 Å². The molecule has 6 nitrogen and oxygen atoms in total. The van der Waals surface area contributed by atoms with Gasteiger partial charge in [-0.25, -0.2) is 0 Å². The van der Waals surface area contributed by atoms with E-state index in [0.717, 1.165) is 16.1 Å². The number of carbonyl (C=O) groups excluding carboxylic acids is 1. The summed E-state index contributed by atoms with van der Waals surface area (Å²) in [7, 11) is 0. The summed E-state index contributed by atoms with van der Waals surface area (Å²) in [6, 6.07) is 11.7. The summed E-state index contributed by atoms with van der Waals surface area (Å²) in [5.41, 5.74) is 2.02. The number of hydrogen-bond donors (Lipinski definition) is 0. The van der Waals surface area contributed by atoms with Gasteiger partial charge in [0.2, 0.25) is 11.1 Å². The molecular formula is C18H18ClN5OS2. The quantitative estimate of drug-likeness (QED) is 0.408. The van der Waals surface area contributed by atoms with Gasteiger partial charge in [0.05, 0.1) is 22.3 Å². The molecule has 0 aliphatic heterocycles. The molecule has 140 valence electrons. The van der Waals surface area contributed by atoms with Gasteiger partial charge >= 0.3 is 0 Å². The van der Waals surface area contributed by atoms with E-state index in [1.165, 1.54) is 23.1 Å². The van der Waals surface area contributed by atoms with Gasteiger partial charge in [-0.15, -0.1) is 23.0 Å². The highest BCUT2D eigenvalue weighted by Crippen LogP contribution is 2.24. The summed E-state index contributed by atoms with van der Waals surface area (Å²) >= 11 is 8.76. The van der Waals surface area contributed by atoms with E-state index in [2.05, 4.69) is 22.1 Å². The van der Waals surface area contributed by atoms with Crippen molar-refractivity contribution in [3.63, 3.8) is 0 Å². The molecule has 0 atom stereocenters. The predicted molar refractivity (Wildman–Crippen MR) is 110 cm³/mol. The summed E-state index contributed by atoms with van der Waals surface area (Å²) in [5, 5.41) is 12.4. The summed E-state index contributed by atoms with van der Waals surface area (Å²) < 4.78 is 2.34. The summed E-state index contributed by atoms with van der Waals surface area (Å²) in [6.07, 6.45) is 1.72. The lowest BCUT2D eigenvalue weighted by Crippen LogP contribution is -2.31. The van der Waals surface area contributed by atoms with Crippen LogP contribution in [0.15, 0.2) is 54.2 Å². The zero-order valence-corrected chi connectivity index (χ0v) is 17.1. The minimum absolute atomic E-state index is 0.0112. The van der Waals surface area contributed by atoms with Crippen molar-refractivity contribution in [2.24, 2.45) is 0 Å². The molecule has 2 aromatic heterocycles. The number of thiophene rings is 1. The number of halogens is 1. The second kappa shape index (κ2) is 9.16. The van der Waals surface area contributed by atoms with Crippen molar-refractivity contribution in [2.45, 2.75) is 18.6 Å². The average Bonchev–Trinajstić information content (AvgIpc) is 3.29. The van der Waals surface area contributed by atoms with Gasteiger partial charge in [-0.3, -0.25) is 4.79 Å². The topological polar surface area (TPSA) is 63.9 Å². The number of tetrazole rings is 1. The molecule has 0 aliphatic carbocycles. The van der Waals surface area contributed by atoms with Gasteiger partial charge in [0, 0.05) is 11.4 Å². The van der Waals surface area contributed by atoms with Crippen LogP contribution in [0.1, 0.15) is 10.4 Å². The van der Waals surface area contributed by atoms with Crippen molar-refractivity contribution in [1.82, 2.24) is 25.1 Å². The Morgan fingerprint density at radius 1 is 1.33 bits per heavy atom. The monoisotopic (exact) mass is 419 g/mol. The number of rotatable bonds is 8. The smallest absolute Gasteiger partial charge is 0.233 e. The van der Waals surface area contributed by atoms with Crippen LogP contribution < -0.4 is 0 Å². The summed E-state index contributed by atoms with van der Waals surface area (Å²) in [5.74, 6) is 0.224. The predicted octanol–water partition coefficient (Wildman–Crippen LogP) is 3.99. The molecule has 0 aliphatic rings. The van der Waals surface area contributed by atoms with Gasteiger partial charge in [0.1, 0.15) is 0 Å². The van der Waals surface area contributed by atoms with E-state index in [1.807, 2.05) is 43.3 Å². The standard InChI is InChI=1S/C18H18ClN5OS2/c1-3-10-23(11-15-8-9-16(19)27-15)17(25)12-26-18-20-21-22-24(18)14-6-4-13(2)5-7-14/h3-9H,1,10-12H2,2H3. The Kier molecular flexibility index (Phi) is 6.65. The molecule has 0 spiro atoms. The van der Waals surface area contributed by atoms with Crippen LogP contribution in [0.5, 0.6) is 0 Å². The Balaban J connectivity index is 1.66. The number of benzene rings is 1. The van der Waals surface area contributed by atoms with Gasteiger partial charge in [0.25, 0.3) is 0 Å². The largest absolute Gasteiger partial charge is 0.333 e. The SMILES string of the molecule is C=CCN(Cc1ccc(Cl)s1)C(=O)CSc1nnnn1-c1ccc(C)cc1. The highest BCUT2D eigenvalue weighted by Gasteiger charge is 2.17. The van der Waals surface area contributed by atoms with Crippen LogP contribution in [0.25, 0.3) is 5.69 Å². The van der Waals surface area contributed by atoms with E-state index in [9.17, 15) is 4.79 Å². The number of amides is 1. The molecule has 0 radical (unpaired) electrons. The van der Waals surface area contributed by atoms with E-state index in [1.54, 1.807) is 15.7 Å². The van der Waals surface area contributed by atoms with Crippen molar-refractivity contribution in [2.75, 3.05) is 12.3 Å². The normalized spacial score (nSPS) is 10.7. The molecule has 0 N–H and O–H groups in total. The van der Waals surface area contributed by atoms with Gasteiger partial charge in [-0.05, 0) is 41.6 Å². The lowest BCUT2D eigenvalue weighted by Gasteiger charge is -2.20. The maximum atomic E-state index is 12.7. The van der Waals surface area contributed by atoms with E-state index >= 15 is 0 Å². The van der Waals surface area contributed by atoms with Gasteiger partial charge in [-0.2, -0.15) is 4.68 Å². The lowest BCUT2D eigenvalue weighted by molar-refractivity contribution is -0.128. The average molecular weight is 420 g/mol. The highest BCUT2D eigenvalue weighted by atomic mass is 35.5. The fourth-order valence-corrected chi connectivity index (χ4v) is 4.27. The van der Waals surface area contributed by atoms with Crippen molar-refractivity contribution in [1.29, 1.82) is 0 Å². The van der Waals surface area contributed by atoms with Crippen molar-refractivity contribution in [3.8, 4) is 5.69 Å². The van der Waals surface area contributed by atoms with E-state index in [-0.39, 0.29) is 11.7 Å². The fraction of sp³-hybridized carbons (Fsp3) is 0.222. The van der Waals surface area contributed by atoms with Crippen molar-refractivity contribution >= 4 is 40.6 Å². The molecule has 9 heteroatoms. The van der Waals surface area contributed by atoms with Crippen LogP contribution >= 0.6 is 34.7 Å². The number of nitrogens with zero attached hydrogens (tertiary/aromatic N) is 5. The lowest BCUT2D eigenvalue weighted by atomic mass is 10.2. The maximum absolute atomic E-state index is 12.7. The fourth-order valence-electron chi connectivity index (χ4n) is 2.37. The maximum Gasteiger partial charge on any atom is 0.233 e.